The second-order valence-corrected chi connectivity index (χ2v) is 6.23. The molecule has 0 spiro atoms. The minimum absolute atomic E-state index is 0.0627. The molecular formula is C16H21NO. The van der Waals surface area contributed by atoms with Crippen LogP contribution in [0.25, 0.3) is 0 Å². The van der Waals surface area contributed by atoms with Gasteiger partial charge in [0, 0.05) is 5.69 Å². The number of benzene rings is 1. The first-order chi connectivity index (χ1) is 8.60. The molecule has 1 saturated carbocycles. The van der Waals surface area contributed by atoms with Crippen molar-refractivity contribution in [3.05, 3.63) is 29.3 Å². The van der Waals surface area contributed by atoms with E-state index in [-0.39, 0.29) is 17.2 Å². The minimum Gasteiger partial charge on any atom is -0.325 e. The van der Waals surface area contributed by atoms with E-state index in [4.69, 9.17) is 0 Å². The molecule has 0 aromatic heterocycles. The Labute approximate surface area is 109 Å². The number of carbonyl (C=O) groups is 1. The molecule has 0 saturated heterocycles. The average Bonchev–Trinajstić information content (AvgIpc) is 2.66. The maximum atomic E-state index is 12.3. The van der Waals surface area contributed by atoms with Gasteiger partial charge >= 0.3 is 0 Å². The Bertz CT molecular complexity index is 486. The number of anilines is 1. The molecule has 1 amide bonds. The van der Waals surface area contributed by atoms with E-state index in [0.717, 1.165) is 5.69 Å². The Kier molecular flexibility index (Phi) is 2.69. The number of hydrogen-bond acceptors (Lipinski definition) is 1. The van der Waals surface area contributed by atoms with Gasteiger partial charge in [-0.15, -0.1) is 0 Å². The smallest absolute Gasteiger partial charge is 0.232 e. The fourth-order valence-electron chi connectivity index (χ4n) is 3.72. The summed E-state index contributed by atoms with van der Waals surface area (Å²) in [5.74, 6) is 0.271. The van der Waals surface area contributed by atoms with E-state index < -0.39 is 0 Å². The Balaban J connectivity index is 2.02. The van der Waals surface area contributed by atoms with E-state index in [2.05, 4.69) is 37.4 Å². The lowest BCUT2D eigenvalue weighted by molar-refractivity contribution is -0.120. The SMILES string of the molecule is Cc1ccc2c(c1)C(C1(C)CCCCC1)C(=O)N2. The molecule has 1 fully saturated rings. The second kappa shape index (κ2) is 4.11. The van der Waals surface area contributed by atoms with Crippen LogP contribution >= 0.6 is 0 Å². The average molecular weight is 243 g/mol. The number of aryl methyl sites for hydroxylation is 1. The summed E-state index contributed by atoms with van der Waals surface area (Å²) in [4.78, 5) is 12.3. The highest BCUT2D eigenvalue weighted by atomic mass is 16.2. The van der Waals surface area contributed by atoms with Crippen LogP contribution in [0.3, 0.4) is 0 Å². The summed E-state index contributed by atoms with van der Waals surface area (Å²) in [6, 6.07) is 6.32. The number of hydrogen-bond donors (Lipinski definition) is 1. The number of nitrogens with one attached hydrogen (secondary N) is 1. The zero-order chi connectivity index (χ0) is 12.8. The third-order valence-electron chi connectivity index (χ3n) is 4.73. The Hall–Kier alpha value is -1.31. The highest BCUT2D eigenvalue weighted by Gasteiger charge is 2.44. The minimum atomic E-state index is 0.0627. The molecule has 1 aliphatic heterocycles. The molecule has 1 atom stereocenters. The van der Waals surface area contributed by atoms with Gasteiger partial charge in [-0.25, -0.2) is 0 Å². The van der Waals surface area contributed by atoms with Gasteiger partial charge in [0.2, 0.25) is 5.91 Å². The van der Waals surface area contributed by atoms with Crippen molar-refractivity contribution in [1.29, 1.82) is 0 Å². The van der Waals surface area contributed by atoms with Crippen molar-refractivity contribution in [2.24, 2.45) is 5.41 Å². The molecule has 2 aliphatic rings. The van der Waals surface area contributed by atoms with E-state index >= 15 is 0 Å². The first-order valence-electron chi connectivity index (χ1n) is 7.02. The third kappa shape index (κ3) is 1.75. The molecule has 3 rings (SSSR count). The second-order valence-electron chi connectivity index (χ2n) is 6.23. The molecule has 1 heterocycles. The normalized spacial score (nSPS) is 25.7. The summed E-state index contributed by atoms with van der Waals surface area (Å²) >= 11 is 0. The van der Waals surface area contributed by atoms with Crippen molar-refractivity contribution < 1.29 is 4.79 Å². The predicted octanol–water partition coefficient (Wildman–Crippen LogP) is 4.00. The molecule has 0 radical (unpaired) electrons. The molecule has 1 aliphatic carbocycles. The van der Waals surface area contributed by atoms with Gasteiger partial charge in [0.05, 0.1) is 5.92 Å². The van der Waals surface area contributed by atoms with E-state index in [9.17, 15) is 4.79 Å². The highest BCUT2D eigenvalue weighted by Crippen LogP contribution is 2.51. The molecular weight excluding hydrogens is 222 g/mol. The van der Waals surface area contributed by atoms with E-state index in [1.165, 1.54) is 43.2 Å². The van der Waals surface area contributed by atoms with Gasteiger partial charge in [-0.2, -0.15) is 0 Å². The molecule has 0 bridgehead atoms. The summed E-state index contributed by atoms with van der Waals surface area (Å²) in [6.45, 7) is 4.40. The van der Waals surface area contributed by atoms with Crippen molar-refractivity contribution in [2.75, 3.05) is 5.32 Å². The topological polar surface area (TPSA) is 29.1 Å². The maximum absolute atomic E-state index is 12.3. The van der Waals surface area contributed by atoms with Crippen molar-refractivity contribution in [3.8, 4) is 0 Å². The monoisotopic (exact) mass is 243 g/mol. The Morgan fingerprint density at radius 2 is 1.94 bits per heavy atom. The molecule has 1 aromatic rings. The first-order valence-corrected chi connectivity index (χ1v) is 7.02. The maximum Gasteiger partial charge on any atom is 0.232 e. The van der Waals surface area contributed by atoms with Crippen LogP contribution in [0.2, 0.25) is 0 Å². The van der Waals surface area contributed by atoms with Crippen LogP contribution in [0, 0.1) is 12.3 Å². The van der Waals surface area contributed by atoms with Crippen LogP contribution in [0.4, 0.5) is 5.69 Å². The van der Waals surface area contributed by atoms with E-state index in [0.29, 0.717) is 0 Å². The third-order valence-corrected chi connectivity index (χ3v) is 4.73. The quantitative estimate of drug-likeness (QED) is 0.793. The molecule has 1 N–H and O–H groups in total. The van der Waals surface area contributed by atoms with Crippen molar-refractivity contribution >= 4 is 11.6 Å². The number of rotatable bonds is 1. The van der Waals surface area contributed by atoms with Crippen molar-refractivity contribution in [1.82, 2.24) is 0 Å². The van der Waals surface area contributed by atoms with Crippen LogP contribution < -0.4 is 5.32 Å². The predicted molar refractivity (Wildman–Crippen MR) is 73.7 cm³/mol. The van der Waals surface area contributed by atoms with Crippen LogP contribution in [-0.2, 0) is 4.79 Å². The number of amides is 1. The van der Waals surface area contributed by atoms with Crippen molar-refractivity contribution in [3.63, 3.8) is 0 Å². The van der Waals surface area contributed by atoms with E-state index in [1.54, 1.807) is 0 Å². The van der Waals surface area contributed by atoms with Gasteiger partial charge in [0.15, 0.2) is 0 Å². The molecule has 1 aromatic carbocycles. The lowest BCUT2D eigenvalue weighted by Gasteiger charge is -2.38. The zero-order valence-corrected chi connectivity index (χ0v) is 11.3. The number of fused-ring (bicyclic) bond motifs is 1. The zero-order valence-electron chi connectivity index (χ0n) is 11.3. The molecule has 18 heavy (non-hydrogen) atoms. The van der Waals surface area contributed by atoms with Crippen LogP contribution in [0.15, 0.2) is 18.2 Å². The van der Waals surface area contributed by atoms with E-state index in [1.807, 2.05) is 0 Å². The van der Waals surface area contributed by atoms with Gasteiger partial charge < -0.3 is 5.32 Å². The molecule has 1 unspecified atom stereocenters. The summed E-state index contributed by atoms with van der Waals surface area (Å²) in [5.41, 5.74) is 3.66. The van der Waals surface area contributed by atoms with Gasteiger partial charge in [0.1, 0.15) is 0 Å². The molecule has 96 valence electrons. The molecule has 2 heteroatoms. The largest absolute Gasteiger partial charge is 0.325 e. The van der Waals surface area contributed by atoms with Crippen LogP contribution in [-0.4, -0.2) is 5.91 Å². The van der Waals surface area contributed by atoms with Crippen molar-refractivity contribution in [2.45, 2.75) is 51.9 Å². The van der Waals surface area contributed by atoms with Gasteiger partial charge in [-0.05, 0) is 36.8 Å². The summed E-state index contributed by atoms with van der Waals surface area (Å²) in [6.07, 6.45) is 6.21. The molecule has 2 nitrogen and oxygen atoms in total. The Morgan fingerprint density at radius 1 is 1.22 bits per heavy atom. The fraction of sp³-hybridized carbons (Fsp3) is 0.562. The van der Waals surface area contributed by atoms with Crippen LogP contribution in [0.5, 0.6) is 0 Å². The summed E-state index contributed by atoms with van der Waals surface area (Å²) < 4.78 is 0. The lowest BCUT2D eigenvalue weighted by atomic mass is 9.65. The summed E-state index contributed by atoms with van der Waals surface area (Å²) in [7, 11) is 0. The summed E-state index contributed by atoms with van der Waals surface area (Å²) in [5, 5.41) is 3.06. The fourth-order valence-corrected chi connectivity index (χ4v) is 3.72. The van der Waals surface area contributed by atoms with Gasteiger partial charge in [0.25, 0.3) is 0 Å². The van der Waals surface area contributed by atoms with Crippen LogP contribution in [0.1, 0.15) is 56.1 Å². The Morgan fingerprint density at radius 3 is 2.67 bits per heavy atom. The highest BCUT2D eigenvalue weighted by molar-refractivity contribution is 6.03. The standard InChI is InChI=1S/C16H21NO/c1-11-6-7-13-12(10-11)14(15(18)17-13)16(2)8-4-3-5-9-16/h6-7,10,14H,3-5,8-9H2,1-2H3,(H,17,18). The van der Waals surface area contributed by atoms with Gasteiger partial charge in [-0.3, -0.25) is 4.79 Å². The lowest BCUT2D eigenvalue weighted by Crippen LogP contribution is -2.32. The number of carbonyl (C=O) groups excluding carboxylic acids is 1. The first kappa shape index (κ1) is 11.8. The van der Waals surface area contributed by atoms with Gasteiger partial charge in [-0.1, -0.05) is 43.9 Å².